The molecule has 18 heavy (non-hydrogen) atoms. The third-order valence-corrected chi connectivity index (χ3v) is 2.44. The standard InChI is InChI=1S/C11H18N4O3/c1-3-15-8-9(7-12-15)13-11(18)14(2)6-4-5-10(16)17/h7-8H,3-6H2,1-2H3,(H,13,18)(H,16,17). The second kappa shape index (κ2) is 6.63. The van der Waals surface area contributed by atoms with Gasteiger partial charge in [-0.3, -0.25) is 9.48 Å². The lowest BCUT2D eigenvalue weighted by molar-refractivity contribution is -0.137. The van der Waals surface area contributed by atoms with Gasteiger partial charge >= 0.3 is 12.0 Å². The first-order chi connectivity index (χ1) is 8.52. The van der Waals surface area contributed by atoms with Gasteiger partial charge in [0.15, 0.2) is 0 Å². The lowest BCUT2D eigenvalue weighted by Gasteiger charge is -2.16. The van der Waals surface area contributed by atoms with Gasteiger partial charge < -0.3 is 15.3 Å². The number of carbonyl (C=O) groups is 2. The lowest BCUT2D eigenvalue weighted by atomic mass is 10.3. The highest BCUT2D eigenvalue weighted by Gasteiger charge is 2.10. The SMILES string of the molecule is CCn1cc(NC(=O)N(C)CCCC(=O)O)cn1. The van der Waals surface area contributed by atoms with Crippen LogP contribution in [0.15, 0.2) is 12.4 Å². The summed E-state index contributed by atoms with van der Waals surface area (Å²) in [5.74, 6) is -0.854. The molecular weight excluding hydrogens is 236 g/mol. The van der Waals surface area contributed by atoms with Gasteiger partial charge in [0.1, 0.15) is 0 Å². The Labute approximate surface area is 105 Å². The molecule has 100 valence electrons. The molecule has 0 radical (unpaired) electrons. The number of aliphatic carboxylic acids is 1. The molecule has 2 N–H and O–H groups in total. The lowest BCUT2D eigenvalue weighted by Crippen LogP contribution is -2.32. The fourth-order valence-electron chi connectivity index (χ4n) is 1.39. The summed E-state index contributed by atoms with van der Waals surface area (Å²) in [5.41, 5.74) is 0.631. The van der Waals surface area contributed by atoms with E-state index in [1.54, 1.807) is 24.1 Å². The number of anilines is 1. The molecule has 1 rings (SSSR count). The Morgan fingerprint density at radius 3 is 2.83 bits per heavy atom. The van der Waals surface area contributed by atoms with Crippen molar-refractivity contribution in [2.45, 2.75) is 26.3 Å². The highest BCUT2D eigenvalue weighted by atomic mass is 16.4. The second-order valence-corrected chi connectivity index (χ2v) is 3.93. The van der Waals surface area contributed by atoms with E-state index in [4.69, 9.17) is 5.11 Å². The number of aromatic nitrogens is 2. The Morgan fingerprint density at radius 2 is 2.28 bits per heavy atom. The first kappa shape index (κ1) is 14.0. The fraction of sp³-hybridized carbons (Fsp3) is 0.545. The van der Waals surface area contributed by atoms with Crippen LogP contribution in [0.5, 0.6) is 0 Å². The summed E-state index contributed by atoms with van der Waals surface area (Å²) < 4.78 is 1.71. The summed E-state index contributed by atoms with van der Waals surface area (Å²) in [4.78, 5) is 23.5. The van der Waals surface area contributed by atoms with Crippen molar-refractivity contribution in [2.75, 3.05) is 18.9 Å². The molecule has 0 spiro atoms. The van der Waals surface area contributed by atoms with Crippen LogP contribution in [0.2, 0.25) is 0 Å². The van der Waals surface area contributed by atoms with Gasteiger partial charge in [-0.25, -0.2) is 4.79 Å². The monoisotopic (exact) mass is 254 g/mol. The molecule has 0 aliphatic rings. The van der Waals surface area contributed by atoms with Crippen LogP contribution in [0.25, 0.3) is 0 Å². The van der Waals surface area contributed by atoms with Gasteiger partial charge in [0.2, 0.25) is 0 Å². The van der Waals surface area contributed by atoms with Gasteiger partial charge in [0.25, 0.3) is 0 Å². The van der Waals surface area contributed by atoms with E-state index < -0.39 is 5.97 Å². The maximum atomic E-state index is 11.7. The summed E-state index contributed by atoms with van der Waals surface area (Å²) in [7, 11) is 1.63. The van der Waals surface area contributed by atoms with Crippen molar-refractivity contribution in [2.24, 2.45) is 0 Å². The topological polar surface area (TPSA) is 87.5 Å². The van der Waals surface area contributed by atoms with E-state index >= 15 is 0 Å². The molecule has 7 heteroatoms. The van der Waals surface area contributed by atoms with Crippen molar-refractivity contribution in [1.82, 2.24) is 14.7 Å². The number of urea groups is 1. The number of amides is 2. The van der Waals surface area contributed by atoms with E-state index in [1.807, 2.05) is 6.92 Å². The van der Waals surface area contributed by atoms with E-state index in [9.17, 15) is 9.59 Å². The molecule has 0 saturated carbocycles. The molecule has 7 nitrogen and oxygen atoms in total. The molecule has 1 heterocycles. The number of aryl methyl sites for hydroxylation is 1. The van der Waals surface area contributed by atoms with Crippen LogP contribution < -0.4 is 5.32 Å². The van der Waals surface area contributed by atoms with Crippen molar-refractivity contribution in [1.29, 1.82) is 0 Å². The second-order valence-electron chi connectivity index (χ2n) is 3.93. The van der Waals surface area contributed by atoms with Crippen molar-refractivity contribution in [3.8, 4) is 0 Å². The van der Waals surface area contributed by atoms with Crippen LogP contribution >= 0.6 is 0 Å². The van der Waals surface area contributed by atoms with Gasteiger partial charge in [-0.1, -0.05) is 0 Å². The largest absolute Gasteiger partial charge is 0.481 e. The first-order valence-electron chi connectivity index (χ1n) is 5.79. The average Bonchev–Trinajstić information content (AvgIpc) is 2.76. The van der Waals surface area contributed by atoms with Crippen molar-refractivity contribution >= 4 is 17.7 Å². The maximum Gasteiger partial charge on any atom is 0.321 e. The molecule has 0 bridgehead atoms. The van der Waals surface area contributed by atoms with E-state index in [2.05, 4.69) is 10.4 Å². The van der Waals surface area contributed by atoms with E-state index in [1.165, 1.54) is 4.90 Å². The van der Waals surface area contributed by atoms with E-state index in [0.29, 0.717) is 18.7 Å². The molecule has 2 amide bonds. The zero-order valence-corrected chi connectivity index (χ0v) is 10.6. The molecule has 0 atom stereocenters. The van der Waals surface area contributed by atoms with Crippen LogP contribution in [-0.2, 0) is 11.3 Å². The highest BCUT2D eigenvalue weighted by Crippen LogP contribution is 2.06. The summed E-state index contributed by atoms with van der Waals surface area (Å²) in [6, 6.07) is -0.268. The quantitative estimate of drug-likeness (QED) is 0.799. The normalized spacial score (nSPS) is 10.1. The van der Waals surface area contributed by atoms with Gasteiger partial charge in [0.05, 0.1) is 11.9 Å². The Morgan fingerprint density at radius 1 is 1.56 bits per heavy atom. The van der Waals surface area contributed by atoms with Crippen LogP contribution in [0.3, 0.4) is 0 Å². The molecule has 0 aromatic carbocycles. The van der Waals surface area contributed by atoms with Gasteiger partial charge in [-0.15, -0.1) is 0 Å². The minimum absolute atomic E-state index is 0.0609. The van der Waals surface area contributed by atoms with Crippen molar-refractivity contribution < 1.29 is 14.7 Å². The summed E-state index contributed by atoms with van der Waals surface area (Å²) in [5, 5.41) is 15.2. The molecule has 0 aliphatic carbocycles. The van der Waals surface area contributed by atoms with Crippen molar-refractivity contribution in [3.05, 3.63) is 12.4 Å². The van der Waals surface area contributed by atoms with Crippen LogP contribution in [-0.4, -0.2) is 45.4 Å². The smallest absolute Gasteiger partial charge is 0.321 e. The Bertz CT molecular complexity index is 416. The number of nitrogens with one attached hydrogen (secondary N) is 1. The number of nitrogens with zero attached hydrogens (tertiary/aromatic N) is 3. The third kappa shape index (κ3) is 4.44. The summed E-state index contributed by atoms with van der Waals surface area (Å²) in [6.45, 7) is 3.10. The molecule has 1 aromatic heterocycles. The number of carboxylic acid groups (broad SMARTS) is 1. The average molecular weight is 254 g/mol. The van der Waals surface area contributed by atoms with Crippen molar-refractivity contribution in [3.63, 3.8) is 0 Å². The number of rotatable bonds is 6. The molecule has 0 unspecified atom stereocenters. The van der Waals surface area contributed by atoms with Crippen LogP contribution in [0, 0.1) is 0 Å². The summed E-state index contributed by atoms with van der Waals surface area (Å²) >= 11 is 0. The minimum Gasteiger partial charge on any atom is -0.481 e. The predicted molar refractivity (Wildman–Crippen MR) is 66.4 cm³/mol. The van der Waals surface area contributed by atoms with Crippen LogP contribution in [0.4, 0.5) is 10.5 Å². The number of carbonyl (C=O) groups excluding carboxylic acids is 1. The molecule has 0 saturated heterocycles. The number of carboxylic acids is 1. The maximum absolute atomic E-state index is 11.7. The Kier molecular flexibility index (Phi) is 5.16. The zero-order valence-electron chi connectivity index (χ0n) is 10.6. The first-order valence-corrected chi connectivity index (χ1v) is 5.79. The molecule has 1 aromatic rings. The van der Waals surface area contributed by atoms with E-state index in [0.717, 1.165) is 6.54 Å². The Balaban J connectivity index is 2.37. The number of hydrogen-bond acceptors (Lipinski definition) is 3. The molecule has 0 aliphatic heterocycles. The highest BCUT2D eigenvalue weighted by molar-refractivity contribution is 5.88. The molecule has 0 fully saturated rings. The summed E-state index contributed by atoms with van der Waals surface area (Å²) in [6.07, 6.45) is 3.81. The van der Waals surface area contributed by atoms with Gasteiger partial charge in [-0.05, 0) is 13.3 Å². The van der Waals surface area contributed by atoms with Gasteiger partial charge in [0, 0.05) is 32.8 Å². The molecular formula is C11H18N4O3. The third-order valence-electron chi connectivity index (χ3n) is 2.44. The predicted octanol–water partition coefficient (Wildman–Crippen LogP) is 1.23. The van der Waals surface area contributed by atoms with Gasteiger partial charge in [-0.2, -0.15) is 5.10 Å². The number of hydrogen-bond donors (Lipinski definition) is 2. The fourth-order valence-corrected chi connectivity index (χ4v) is 1.39. The zero-order chi connectivity index (χ0) is 13.5. The minimum atomic E-state index is -0.854. The Hall–Kier alpha value is -2.05. The van der Waals surface area contributed by atoms with E-state index in [-0.39, 0.29) is 12.5 Å². The van der Waals surface area contributed by atoms with Crippen LogP contribution in [0.1, 0.15) is 19.8 Å².